The molecule has 1 saturated heterocycles. The van der Waals surface area contributed by atoms with Crippen LogP contribution in [0.25, 0.3) is 0 Å². The van der Waals surface area contributed by atoms with E-state index in [2.05, 4.69) is 24.4 Å². The number of rotatable bonds is 5. The highest BCUT2D eigenvalue weighted by Gasteiger charge is 2.29. The minimum absolute atomic E-state index is 0.0155. The highest BCUT2D eigenvalue weighted by atomic mass is 16.2. The highest BCUT2D eigenvalue weighted by Crippen LogP contribution is 2.11. The van der Waals surface area contributed by atoms with Crippen LogP contribution in [-0.4, -0.2) is 30.1 Å². The molecule has 0 bridgehead atoms. The molecule has 17 heavy (non-hydrogen) atoms. The number of benzene rings is 1. The van der Waals surface area contributed by atoms with Gasteiger partial charge in [0.15, 0.2) is 0 Å². The van der Waals surface area contributed by atoms with Crippen LogP contribution in [0.1, 0.15) is 25.3 Å². The molecule has 2 rings (SSSR count). The van der Waals surface area contributed by atoms with Crippen LogP contribution >= 0.6 is 0 Å². The highest BCUT2D eigenvalue weighted by molar-refractivity contribution is 5.83. The van der Waals surface area contributed by atoms with E-state index in [1.807, 2.05) is 23.1 Å². The number of nitrogens with one attached hydrogen (secondary N) is 1. The van der Waals surface area contributed by atoms with E-state index in [4.69, 9.17) is 0 Å². The number of hydrogen-bond donors (Lipinski definition) is 1. The topological polar surface area (TPSA) is 32.3 Å². The van der Waals surface area contributed by atoms with Gasteiger partial charge in [-0.2, -0.15) is 0 Å². The largest absolute Gasteiger partial charge is 0.329 e. The Morgan fingerprint density at radius 3 is 2.82 bits per heavy atom. The van der Waals surface area contributed by atoms with E-state index in [0.717, 1.165) is 25.8 Å². The average Bonchev–Trinajstić information content (AvgIpc) is 2.70. The molecule has 1 N–H and O–H groups in total. The van der Waals surface area contributed by atoms with E-state index in [9.17, 15) is 4.79 Å². The molecule has 0 aromatic heterocycles. The first-order valence-corrected chi connectivity index (χ1v) is 6.37. The van der Waals surface area contributed by atoms with Gasteiger partial charge >= 0.3 is 0 Å². The zero-order chi connectivity index (χ0) is 12.1. The van der Waals surface area contributed by atoms with E-state index in [-0.39, 0.29) is 11.9 Å². The summed E-state index contributed by atoms with van der Waals surface area (Å²) in [6, 6.07) is 10.4. The minimum Gasteiger partial charge on any atom is -0.329 e. The zero-order valence-corrected chi connectivity index (χ0v) is 10.4. The number of aryl methyl sites for hydroxylation is 1. The van der Waals surface area contributed by atoms with Crippen LogP contribution in [0.5, 0.6) is 0 Å². The normalized spacial score (nSPS) is 19.9. The van der Waals surface area contributed by atoms with Crippen LogP contribution in [0.3, 0.4) is 0 Å². The van der Waals surface area contributed by atoms with Crippen molar-refractivity contribution in [1.29, 1.82) is 0 Å². The fourth-order valence-electron chi connectivity index (χ4n) is 2.25. The lowest BCUT2D eigenvalue weighted by atomic mass is 10.1. The molecule has 1 aliphatic rings. The Morgan fingerprint density at radius 1 is 1.35 bits per heavy atom. The van der Waals surface area contributed by atoms with E-state index < -0.39 is 0 Å². The summed E-state index contributed by atoms with van der Waals surface area (Å²) in [6.45, 7) is 3.68. The molecule has 3 nitrogen and oxygen atoms in total. The molecule has 0 saturated carbocycles. The summed E-state index contributed by atoms with van der Waals surface area (Å²) in [5.41, 5.74) is 1.30. The molecule has 0 aliphatic carbocycles. The lowest BCUT2D eigenvalue weighted by Gasteiger charge is -2.13. The summed E-state index contributed by atoms with van der Waals surface area (Å²) in [6.07, 6.45) is 2.88. The van der Waals surface area contributed by atoms with Crippen LogP contribution in [0.2, 0.25) is 0 Å². The number of nitrogens with zero attached hydrogens (tertiary/aromatic N) is 1. The third kappa shape index (κ3) is 3.07. The molecule has 1 amide bonds. The van der Waals surface area contributed by atoms with Crippen LogP contribution in [0, 0.1) is 0 Å². The second kappa shape index (κ2) is 5.82. The van der Waals surface area contributed by atoms with Crippen molar-refractivity contribution in [3.63, 3.8) is 0 Å². The molecule has 1 unspecified atom stereocenters. The predicted octanol–water partition coefficient (Wildman–Crippen LogP) is 1.79. The van der Waals surface area contributed by atoms with Crippen molar-refractivity contribution in [2.75, 3.05) is 13.2 Å². The van der Waals surface area contributed by atoms with Crippen molar-refractivity contribution in [3.8, 4) is 0 Å². The number of hydrogen-bond acceptors (Lipinski definition) is 2. The van der Waals surface area contributed by atoms with Gasteiger partial charge in [-0.05, 0) is 24.8 Å². The van der Waals surface area contributed by atoms with Gasteiger partial charge in [-0.3, -0.25) is 10.1 Å². The fourth-order valence-corrected chi connectivity index (χ4v) is 2.25. The second-order valence-electron chi connectivity index (χ2n) is 4.54. The maximum absolute atomic E-state index is 12.0. The number of carbonyl (C=O) groups is 1. The number of carbonyl (C=O) groups excluding carboxylic acids is 1. The van der Waals surface area contributed by atoms with Crippen molar-refractivity contribution >= 4 is 5.91 Å². The van der Waals surface area contributed by atoms with Crippen molar-refractivity contribution in [2.24, 2.45) is 0 Å². The van der Waals surface area contributed by atoms with Gasteiger partial charge in [0.25, 0.3) is 0 Å². The standard InChI is InChI=1S/C14H20N2O/c1-2-10-16-11-15-13(14(16)17)9-8-12-6-4-3-5-7-12/h3-7,13,15H,2,8-11H2,1H3. The van der Waals surface area contributed by atoms with Crippen molar-refractivity contribution in [1.82, 2.24) is 10.2 Å². The molecule has 1 aliphatic heterocycles. The quantitative estimate of drug-likeness (QED) is 0.839. The minimum atomic E-state index is 0.0155. The molecule has 1 aromatic carbocycles. The van der Waals surface area contributed by atoms with E-state index in [1.54, 1.807) is 0 Å². The Labute approximate surface area is 103 Å². The Bertz CT molecular complexity index is 364. The van der Waals surface area contributed by atoms with Gasteiger partial charge in [-0.15, -0.1) is 0 Å². The third-order valence-corrected chi connectivity index (χ3v) is 3.20. The maximum atomic E-state index is 12.0. The number of amides is 1. The summed E-state index contributed by atoms with van der Waals surface area (Å²) >= 11 is 0. The lowest BCUT2D eigenvalue weighted by Crippen LogP contribution is -2.31. The summed E-state index contributed by atoms with van der Waals surface area (Å²) in [5, 5.41) is 3.29. The maximum Gasteiger partial charge on any atom is 0.240 e. The summed E-state index contributed by atoms with van der Waals surface area (Å²) < 4.78 is 0. The summed E-state index contributed by atoms with van der Waals surface area (Å²) in [4.78, 5) is 13.9. The first-order valence-electron chi connectivity index (χ1n) is 6.37. The molecule has 1 heterocycles. The van der Waals surface area contributed by atoms with Gasteiger partial charge in [0, 0.05) is 6.54 Å². The van der Waals surface area contributed by atoms with Crippen molar-refractivity contribution in [3.05, 3.63) is 35.9 Å². The van der Waals surface area contributed by atoms with Gasteiger partial charge in [-0.25, -0.2) is 0 Å². The Kier molecular flexibility index (Phi) is 4.15. The molecular weight excluding hydrogens is 212 g/mol. The van der Waals surface area contributed by atoms with E-state index in [0.29, 0.717) is 6.67 Å². The van der Waals surface area contributed by atoms with Gasteiger partial charge in [0.05, 0.1) is 12.7 Å². The van der Waals surface area contributed by atoms with Crippen molar-refractivity contribution in [2.45, 2.75) is 32.2 Å². The van der Waals surface area contributed by atoms with Gasteiger partial charge in [0.1, 0.15) is 0 Å². The predicted molar refractivity (Wildman–Crippen MR) is 68.6 cm³/mol. The van der Waals surface area contributed by atoms with Crippen LogP contribution in [0.15, 0.2) is 30.3 Å². The molecule has 1 aromatic rings. The zero-order valence-electron chi connectivity index (χ0n) is 10.4. The van der Waals surface area contributed by atoms with Gasteiger partial charge < -0.3 is 4.90 Å². The molecule has 1 fully saturated rings. The second-order valence-corrected chi connectivity index (χ2v) is 4.54. The molecule has 0 spiro atoms. The smallest absolute Gasteiger partial charge is 0.240 e. The summed E-state index contributed by atoms with van der Waals surface area (Å²) in [7, 11) is 0. The monoisotopic (exact) mass is 232 g/mol. The third-order valence-electron chi connectivity index (χ3n) is 3.20. The average molecular weight is 232 g/mol. The van der Waals surface area contributed by atoms with Gasteiger partial charge in [0.2, 0.25) is 5.91 Å². The first-order chi connectivity index (χ1) is 8.31. The van der Waals surface area contributed by atoms with Crippen LogP contribution < -0.4 is 5.32 Å². The van der Waals surface area contributed by atoms with Crippen LogP contribution in [-0.2, 0) is 11.2 Å². The molecule has 1 atom stereocenters. The SMILES string of the molecule is CCCN1CNC(CCc2ccccc2)C1=O. The molecule has 3 heteroatoms. The fraction of sp³-hybridized carbons (Fsp3) is 0.500. The summed E-state index contributed by atoms with van der Waals surface area (Å²) in [5.74, 6) is 0.266. The Hall–Kier alpha value is -1.35. The Balaban J connectivity index is 1.83. The Morgan fingerprint density at radius 2 is 2.12 bits per heavy atom. The van der Waals surface area contributed by atoms with Gasteiger partial charge in [-0.1, -0.05) is 37.3 Å². The van der Waals surface area contributed by atoms with Crippen LogP contribution in [0.4, 0.5) is 0 Å². The molecule has 0 radical (unpaired) electrons. The molecule has 92 valence electrons. The van der Waals surface area contributed by atoms with Crippen molar-refractivity contribution < 1.29 is 4.79 Å². The molecular formula is C14H20N2O. The lowest BCUT2D eigenvalue weighted by molar-refractivity contribution is -0.129. The van der Waals surface area contributed by atoms with E-state index >= 15 is 0 Å². The van der Waals surface area contributed by atoms with E-state index in [1.165, 1.54) is 5.56 Å². The first kappa shape index (κ1) is 12.1.